The Morgan fingerprint density at radius 1 is 1.44 bits per heavy atom. The number of aryl methyl sites for hydroxylation is 1. The fraction of sp³-hybridized carbons (Fsp3) is 0.500. The molecule has 1 rings (SSSR count). The van der Waals surface area contributed by atoms with Gasteiger partial charge in [-0.25, -0.2) is 0 Å². The highest BCUT2D eigenvalue weighted by atomic mass is 35.5. The molecule has 0 fully saturated rings. The zero-order valence-electron chi connectivity index (χ0n) is 10.8. The first-order valence-corrected chi connectivity index (χ1v) is 7.06. The van der Waals surface area contributed by atoms with Gasteiger partial charge in [-0.05, 0) is 43.4 Å². The molecule has 0 aliphatic heterocycles. The maximum Gasteiger partial charge on any atom is 0.251 e. The van der Waals surface area contributed by atoms with E-state index in [1.807, 2.05) is 13.0 Å². The number of benzene rings is 1. The number of amides is 1. The molecule has 100 valence electrons. The highest BCUT2D eigenvalue weighted by Gasteiger charge is 2.09. The molecule has 0 spiro atoms. The molecule has 0 radical (unpaired) electrons. The molecule has 1 aromatic rings. The van der Waals surface area contributed by atoms with Crippen molar-refractivity contribution in [1.29, 1.82) is 0 Å². The van der Waals surface area contributed by atoms with E-state index in [0.29, 0.717) is 28.9 Å². The van der Waals surface area contributed by atoms with E-state index < -0.39 is 0 Å². The molecule has 18 heavy (non-hydrogen) atoms. The smallest absolute Gasteiger partial charge is 0.251 e. The zero-order valence-corrected chi connectivity index (χ0v) is 12.3. The van der Waals surface area contributed by atoms with Crippen molar-refractivity contribution < 1.29 is 4.79 Å². The molecular weight excluding hydrogens is 269 g/mol. The lowest BCUT2D eigenvalue weighted by atomic mass is 10.1. The van der Waals surface area contributed by atoms with Gasteiger partial charge in [-0.15, -0.1) is 11.6 Å². The van der Waals surface area contributed by atoms with Crippen LogP contribution in [0, 0.1) is 12.8 Å². The molecule has 1 aromatic carbocycles. The van der Waals surface area contributed by atoms with E-state index in [0.717, 1.165) is 18.4 Å². The first-order valence-electron chi connectivity index (χ1n) is 6.15. The van der Waals surface area contributed by atoms with Crippen LogP contribution in [0.1, 0.15) is 35.7 Å². The number of halogens is 2. The van der Waals surface area contributed by atoms with E-state index in [-0.39, 0.29) is 5.91 Å². The molecule has 0 saturated heterocycles. The van der Waals surface area contributed by atoms with Gasteiger partial charge in [0.1, 0.15) is 0 Å². The lowest BCUT2D eigenvalue weighted by molar-refractivity contribution is 0.0952. The fourth-order valence-electron chi connectivity index (χ4n) is 1.66. The number of hydrogen-bond donors (Lipinski definition) is 1. The average Bonchev–Trinajstić information content (AvgIpc) is 2.36. The summed E-state index contributed by atoms with van der Waals surface area (Å²) in [5.74, 6) is 1.10. The summed E-state index contributed by atoms with van der Waals surface area (Å²) in [4.78, 5) is 11.9. The molecule has 0 bridgehead atoms. The van der Waals surface area contributed by atoms with E-state index in [1.54, 1.807) is 12.1 Å². The minimum Gasteiger partial charge on any atom is -0.352 e. The summed E-state index contributed by atoms with van der Waals surface area (Å²) in [6.07, 6.45) is 1.97. The average molecular weight is 288 g/mol. The number of alkyl halides is 1. The third-order valence-electron chi connectivity index (χ3n) is 2.87. The van der Waals surface area contributed by atoms with E-state index >= 15 is 0 Å². The molecule has 1 atom stereocenters. The number of carbonyl (C=O) groups is 1. The summed E-state index contributed by atoms with van der Waals surface area (Å²) >= 11 is 11.6. The van der Waals surface area contributed by atoms with Crippen LogP contribution in [0.5, 0.6) is 0 Å². The van der Waals surface area contributed by atoms with Crippen LogP contribution < -0.4 is 5.32 Å². The van der Waals surface area contributed by atoms with Crippen LogP contribution in [-0.2, 0) is 0 Å². The van der Waals surface area contributed by atoms with E-state index in [1.165, 1.54) is 0 Å². The van der Waals surface area contributed by atoms with Gasteiger partial charge in [-0.2, -0.15) is 0 Å². The van der Waals surface area contributed by atoms with Crippen molar-refractivity contribution in [3.8, 4) is 0 Å². The Labute approximate surface area is 119 Å². The van der Waals surface area contributed by atoms with E-state index in [2.05, 4.69) is 12.2 Å². The van der Waals surface area contributed by atoms with Crippen molar-refractivity contribution in [2.24, 2.45) is 5.92 Å². The van der Waals surface area contributed by atoms with Gasteiger partial charge in [0.2, 0.25) is 0 Å². The maximum atomic E-state index is 11.9. The molecule has 0 heterocycles. The van der Waals surface area contributed by atoms with Crippen LogP contribution in [0.25, 0.3) is 0 Å². The van der Waals surface area contributed by atoms with Crippen molar-refractivity contribution in [2.45, 2.75) is 26.7 Å². The highest BCUT2D eigenvalue weighted by molar-refractivity contribution is 6.31. The van der Waals surface area contributed by atoms with Crippen LogP contribution in [-0.4, -0.2) is 18.3 Å². The Hall–Kier alpha value is -0.730. The third kappa shape index (κ3) is 4.87. The van der Waals surface area contributed by atoms with Gasteiger partial charge in [0.25, 0.3) is 5.91 Å². The number of carbonyl (C=O) groups excluding carboxylic acids is 1. The SMILES string of the molecule is Cc1ccc(Cl)cc1C(=O)NCCCC(C)CCl. The number of rotatable bonds is 6. The van der Waals surface area contributed by atoms with Gasteiger partial charge in [0, 0.05) is 23.0 Å². The van der Waals surface area contributed by atoms with Gasteiger partial charge < -0.3 is 5.32 Å². The monoisotopic (exact) mass is 287 g/mol. The minimum absolute atomic E-state index is 0.0615. The molecule has 1 amide bonds. The standard InChI is InChI=1S/C14H19Cl2NO/c1-10(9-15)4-3-7-17-14(18)13-8-12(16)6-5-11(13)2/h5-6,8,10H,3-4,7,9H2,1-2H3,(H,17,18). The first-order chi connectivity index (χ1) is 8.54. The normalized spacial score (nSPS) is 12.2. The fourth-order valence-corrected chi connectivity index (χ4v) is 1.99. The van der Waals surface area contributed by atoms with Crippen molar-refractivity contribution in [3.05, 3.63) is 34.3 Å². The maximum absolute atomic E-state index is 11.9. The Morgan fingerprint density at radius 3 is 2.83 bits per heavy atom. The van der Waals surface area contributed by atoms with Crippen molar-refractivity contribution >= 4 is 29.1 Å². The molecule has 1 N–H and O–H groups in total. The Morgan fingerprint density at radius 2 is 2.17 bits per heavy atom. The van der Waals surface area contributed by atoms with Crippen LogP contribution in [0.2, 0.25) is 5.02 Å². The van der Waals surface area contributed by atoms with Crippen molar-refractivity contribution in [3.63, 3.8) is 0 Å². The topological polar surface area (TPSA) is 29.1 Å². The molecule has 0 saturated carbocycles. The van der Waals surface area contributed by atoms with Crippen LogP contribution in [0.15, 0.2) is 18.2 Å². The second kappa shape index (κ2) is 7.65. The highest BCUT2D eigenvalue weighted by Crippen LogP contribution is 2.15. The van der Waals surface area contributed by atoms with Gasteiger partial charge in [0.15, 0.2) is 0 Å². The van der Waals surface area contributed by atoms with Gasteiger partial charge in [0.05, 0.1) is 0 Å². The van der Waals surface area contributed by atoms with Gasteiger partial charge >= 0.3 is 0 Å². The Kier molecular flexibility index (Phi) is 6.51. The molecule has 4 heteroatoms. The molecule has 0 aromatic heterocycles. The molecule has 1 unspecified atom stereocenters. The summed E-state index contributed by atoms with van der Waals surface area (Å²) in [6.45, 7) is 4.68. The number of nitrogens with one attached hydrogen (secondary N) is 1. The summed E-state index contributed by atoms with van der Waals surface area (Å²) in [6, 6.07) is 5.34. The van der Waals surface area contributed by atoms with Gasteiger partial charge in [-0.3, -0.25) is 4.79 Å². The molecule has 0 aliphatic carbocycles. The summed E-state index contributed by atoms with van der Waals surface area (Å²) < 4.78 is 0. The van der Waals surface area contributed by atoms with Gasteiger partial charge in [-0.1, -0.05) is 24.6 Å². The van der Waals surface area contributed by atoms with Crippen LogP contribution in [0.3, 0.4) is 0 Å². The summed E-state index contributed by atoms with van der Waals surface area (Å²) in [5.41, 5.74) is 1.58. The molecular formula is C14H19Cl2NO. The number of hydrogen-bond acceptors (Lipinski definition) is 1. The van der Waals surface area contributed by atoms with Crippen molar-refractivity contribution in [1.82, 2.24) is 5.32 Å². The summed E-state index contributed by atoms with van der Waals surface area (Å²) in [7, 11) is 0. The predicted octanol–water partition coefficient (Wildman–Crippen LogP) is 4.03. The zero-order chi connectivity index (χ0) is 13.5. The quantitative estimate of drug-likeness (QED) is 0.621. The minimum atomic E-state index is -0.0615. The van der Waals surface area contributed by atoms with Crippen LogP contribution >= 0.6 is 23.2 Å². The second-order valence-corrected chi connectivity index (χ2v) is 5.36. The summed E-state index contributed by atoms with van der Waals surface area (Å²) in [5, 5.41) is 3.49. The second-order valence-electron chi connectivity index (χ2n) is 4.62. The first kappa shape index (κ1) is 15.3. The van der Waals surface area contributed by atoms with Crippen LogP contribution in [0.4, 0.5) is 0 Å². The van der Waals surface area contributed by atoms with E-state index in [9.17, 15) is 4.79 Å². The van der Waals surface area contributed by atoms with E-state index in [4.69, 9.17) is 23.2 Å². The molecule has 2 nitrogen and oxygen atoms in total. The largest absolute Gasteiger partial charge is 0.352 e. The van der Waals surface area contributed by atoms with Crippen molar-refractivity contribution in [2.75, 3.05) is 12.4 Å². The third-order valence-corrected chi connectivity index (χ3v) is 3.63. The molecule has 0 aliphatic rings. The Balaban J connectivity index is 2.43. The lowest BCUT2D eigenvalue weighted by Gasteiger charge is -2.10. The Bertz CT molecular complexity index is 407. The predicted molar refractivity (Wildman–Crippen MR) is 77.6 cm³/mol. The lowest BCUT2D eigenvalue weighted by Crippen LogP contribution is -2.25.